The quantitative estimate of drug-likeness (QED) is 0.337. The molecule has 0 N–H and O–H groups in total. The van der Waals surface area contributed by atoms with Crippen LogP contribution in [0.1, 0.15) is 27.7 Å². The van der Waals surface area contributed by atoms with Gasteiger partial charge in [0.15, 0.2) is 0 Å². The molecular formula is C9H16N2. The molecule has 0 spiro atoms. The van der Waals surface area contributed by atoms with Gasteiger partial charge in [-0.05, 0) is 13.8 Å². The SMILES string of the molecule is C=N/N=C\C(C)(C)C=C(C)C. The lowest BCUT2D eigenvalue weighted by Crippen LogP contribution is -2.09. The van der Waals surface area contributed by atoms with Gasteiger partial charge in [0.25, 0.3) is 0 Å². The van der Waals surface area contributed by atoms with Crippen LogP contribution >= 0.6 is 0 Å². The van der Waals surface area contributed by atoms with Gasteiger partial charge < -0.3 is 0 Å². The molecule has 0 rings (SSSR count). The molecule has 0 aromatic carbocycles. The Bertz CT molecular complexity index is 184. The highest BCUT2D eigenvalue weighted by Gasteiger charge is 2.09. The molecular weight excluding hydrogens is 136 g/mol. The Kier molecular flexibility index (Phi) is 3.72. The molecule has 0 radical (unpaired) electrons. The van der Waals surface area contributed by atoms with Crippen LogP contribution in [0.2, 0.25) is 0 Å². The second kappa shape index (κ2) is 4.06. The van der Waals surface area contributed by atoms with E-state index in [1.807, 2.05) is 0 Å². The Balaban J connectivity index is 4.33. The van der Waals surface area contributed by atoms with Crippen LogP contribution in [0.5, 0.6) is 0 Å². The van der Waals surface area contributed by atoms with Crippen LogP contribution in [0.3, 0.4) is 0 Å². The highest BCUT2D eigenvalue weighted by Crippen LogP contribution is 2.15. The number of allylic oxidation sites excluding steroid dienone is 2. The fourth-order valence-corrected chi connectivity index (χ4v) is 0.971. The summed E-state index contributed by atoms with van der Waals surface area (Å²) in [6.07, 6.45) is 3.93. The molecule has 0 aliphatic carbocycles. The number of rotatable bonds is 3. The van der Waals surface area contributed by atoms with Crippen LogP contribution in [-0.2, 0) is 0 Å². The van der Waals surface area contributed by atoms with E-state index in [0.717, 1.165) is 0 Å². The second-order valence-electron chi connectivity index (χ2n) is 3.43. The van der Waals surface area contributed by atoms with Gasteiger partial charge in [-0.2, -0.15) is 10.2 Å². The summed E-state index contributed by atoms with van der Waals surface area (Å²) < 4.78 is 0. The van der Waals surface area contributed by atoms with Crippen LogP contribution in [0.25, 0.3) is 0 Å². The van der Waals surface area contributed by atoms with E-state index in [2.05, 4.69) is 50.7 Å². The molecule has 0 heterocycles. The van der Waals surface area contributed by atoms with Crippen molar-refractivity contribution in [1.82, 2.24) is 0 Å². The Hall–Kier alpha value is -0.920. The predicted molar refractivity (Wildman–Crippen MR) is 51.3 cm³/mol. The number of hydrogen-bond donors (Lipinski definition) is 0. The summed E-state index contributed by atoms with van der Waals surface area (Å²) in [4.78, 5) is 0. The van der Waals surface area contributed by atoms with Crippen molar-refractivity contribution in [2.45, 2.75) is 27.7 Å². The molecule has 11 heavy (non-hydrogen) atoms. The minimum Gasteiger partial charge on any atom is -0.167 e. The van der Waals surface area contributed by atoms with Crippen LogP contribution in [-0.4, -0.2) is 12.9 Å². The minimum absolute atomic E-state index is 0.0139. The van der Waals surface area contributed by atoms with E-state index in [4.69, 9.17) is 0 Å². The minimum atomic E-state index is -0.0139. The summed E-state index contributed by atoms with van der Waals surface area (Å²) in [6.45, 7) is 11.6. The van der Waals surface area contributed by atoms with Gasteiger partial charge >= 0.3 is 0 Å². The van der Waals surface area contributed by atoms with Gasteiger partial charge in [0.05, 0.1) is 0 Å². The highest BCUT2D eigenvalue weighted by atomic mass is 15.2. The third-order valence-corrected chi connectivity index (χ3v) is 1.13. The van der Waals surface area contributed by atoms with Crippen LogP contribution < -0.4 is 0 Å². The van der Waals surface area contributed by atoms with Crippen molar-refractivity contribution < 1.29 is 0 Å². The summed E-state index contributed by atoms with van der Waals surface area (Å²) in [6, 6.07) is 0. The van der Waals surface area contributed by atoms with Gasteiger partial charge in [0, 0.05) is 18.3 Å². The summed E-state index contributed by atoms with van der Waals surface area (Å²) in [5.74, 6) is 0. The topological polar surface area (TPSA) is 24.7 Å². The lowest BCUT2D eigenvalue weighted by molar-refractivity contribution is 0.684. The maximum absolute atomic E-state index is 3.74. The van der Waals surface area contributed by atoms with Crippen molar-refractivity contribution in [3.8, 4) is 0 Å². The largest absolute Gasteiger partial charge is 0.167 e. The van der Waals surface area contributed by atoms with Gasteiger partial charge in [0.2, 0.25) is 0 Å². The molecule has 0 aromatic rings. The summed E-state index contributed by atoms with van der Waals surface area (Å²) in [5, 5.41) is 7.16. The molecule has 0 saturated heterocycles. The second-order valence-corrected chi connectivity index (χ2v) is 3.43. The first-order valence-electron chi connectivity index (χ1n) is 3.64. The van der Waals surface area contributed by atoms with Crippen molar-refractivity contribution in [1.29, 1.82) is 0 Å². The molecule has 0 saturated carbocycles. The van der Waals surface area contributed by atoms with Gasteiger partial charge in [-0.3, -0.25) is 0 Å². The molecule has 2 nitrogen and oxygen atoms in total. The molecule has 0 bridgehead atoms. The zero-order valence-corrected chi connectivity index (χ0v) is 7.76. The Labute approximate surface area is 68.7 Å². The van der Waals surface area contributed by atoms with Gasteiger partial charge in [-0.15, -0.1) is 0 Å². The first-order chi connectivity index (χ1) is 4.98. The lowest BCUT2D eigenvalue weighted by Gasteiger charge is -2.13. The van der Waals surface area contributed by atoms with Crippen molar-refractivity contribution in [3.05, 3.63) is 11.6 Å². The molecule has 0 atom stereocenters. The number of hydrogen-bond acceptors (Lipinski definition) is 2. The van der Waals surface area contributed by atoms with E-state index in [0.29, 0.717) is 0 Å². The molecule has 0 unspecified atom stereocenters. The Morgan fingerprint density at radius 3 is 2.27 bits per heavy atom. The molecule has 0 aromatic heterocycles. The predicted octanol–water partition coefficient (Wildman–Crippen LogP) is 2.67. The highest BCUT2D eigenvalue weighted by molar-refractivity contribution is 5.67. The van der Waals surface area contributed by atoms with Crippen LogP contribution in [0.4, 0.5) is 0 Å². The Morgan fingerprint density at radius 1 is 1.36 bits per heavy atom. The zero-order chi connectivity index (χ0) is 8.91. The third kappa shape index (κ3) is 5.52. The fourth-order valence-electron chi connectivity index (χ4n) is 0.971. The van der Waals surface area contributed by atoms with E-state index in [1.165, 1.54) is 5.57 Å². The average molecular weight is 152 g/mol. The molecule has 0 fully saturated rings. The van der Waals surface area contributed by atoms with Crippen LogP contribution in [0.15, 0.2) is 21.9 Å². The smallest absolute Gasteiger partial charge is 0.0364 e. The normalized spacial score (nSPS) is 11.6. The van der Waals surface area contributed by atoms with Crippen molar-refractivity contribution in [2.24, 2.45) is 15.6 Å². The van der Waals surface area contributed by atoms with E-state index in [9.17, 15) is 0 Å². The van der Waals surface area contributed by atoms with Crippen molar-refractivity contribution in [2.75, 3.05) is 0 Å². The van der Waals surface area contributed by atoms with Gasteiger partial charge in [-0.25, -0.2) is 0 Å². The van der Waals surface area contributed by atoms with E-state index in [1.54, 1.807) is 6.21 Å². The van der Waals surface area contributed by atoms with Crippen molar-refractivity contribution in [3.63, 3.8) is 0 Å². The first kappa shape index (κ1) is 10.1. The summed E-state index contributed by atoms with van der Waals surface area (Å²) >= 11 is 0. The summed E-state index contributed by atoms with van der Waals surface area (Å²) in [5.41, 5.74) is 1.27. The zero-order valence-electron chi connectivity index (χ0n) is 7.76. The average Bonchev–Trinajstić information content (AvgIpc) is 1.81. The van der Waals surface area contributed by atoms with Gasteiger partial charge in [-0.1, -0.05) is 25.5 Å². The maximum Gasteiger partial charge on any atom is 0.0364 e. The van der Waals surface area contributed by atoms with E-state index < -0.39 is 0 Å². The van der Waals surface area contributed by atoms with Crippen LogP contribution in [0, 0.1) is 5.41 Å². The van der Waals surface area contributed by atoms with Crippen molar-refractivity contribution >= 4 is 12.9 Å². The first-order valence-corrected chi connectivity index (χ1v) is 3.64. The number of nitrogens with zero attached hydrogens (tertiary/aromatic N) is 2. The fraction of sp³-hybridized carbons (Fsp3) is 0.556. The monoisotopic (exact) mass is 152 g/mol. The molecule has 2 heteroatoms. The van der Waals surface area contributed by atoms with E-state index >= 15 is 0 Å². The molecule has 0 amide bonds. The standard InChI is InChI=1S/C9H16N2/c1-8(2)6-9(3,4)7-11-10-5/h6-7H,5H2,1-4H3/b11-7-. The molecule has 0 aliphatic rings. The summed E-state index contributed by atoms with van der Waals surface area (Å²) in [7, 11) is 0. The molecule has 62 valence electrons. The Morgan fingerprint density at radius 2 is 1.91 bits per heavy atom. The van der Waals surface area contributed by atoms with E-state index in [-0.39, 0.29) is 5.41 Å². The maximum atomic E-state index is 3.74. The third-order valence-electron chi connectivity index (χ3n) is 1.13. The molecule has 0 aliphatic heterocycles. The lowest BCUT2D eigenvalue weighted by atomic mass is 9.93. The van der Waals surface area contributed by atoms with Gasteiger partial charge in [0.1, 0.15) is 0 Å².